The van der Waals surface area contributed by atoms with Crippen molar-refractivity contribution >= 4 is 0 Å². The Morgan fingerprint density at radius 1 is 1.27 bits per heavy atom. The van der Waals surface area contributed by atoms with Crippen molar-refractivity contribution in [3.63, 3.8) is 0 Å². The predicted octanol–water partition coefficient (Wildman–Crippen LogP) is 1.10. The summed E-state index contributed by atoms with van der Waals surface area (Å²) in [6, 6.07) is 0. The molecule has 0 aromatic carbocycles. The Labute approximate surface area is 69.2 Å². The van der Waals surface area contributed by atoms with Crippen molar-refractivity contribution in [3.05, 3.63) is 0 Å². The SMILES string of the molecule is CC(C)(CO)CN1CCCC1. The monoisotopic (exact) mass is 157 g/mol. The molecule has 1 aliphatic rings. The summed E-state index contributed by atoms with van der Waals surface area (Å²) in [7, 11) is 0. The Hall–Kier alpha value is -0.0800. The molecule has 1 N–H and O–H groups in total. The molecule has 1 saturated heterocycles. The van der Waals surface area contributed by atoms with Crippen molar-refractivity contribution in [2.75, 3.05) is 26.2 Å². The number of aliphatic hydroxyl groups is 1. The van der Waals surface area contributed by atoms with E-state index in [0.29, 0.717) is 6.61 Å². The van der Waals surface area contributed by atoms with E-state index in [1.54, 1.807) is 0 Å². The van der Waals surface area contributed by atoms with Gasteiger partial charge in [0.15, 0.2) is 0 Å². The molecule has 0 aromatic rings. The van der Waals surface area contributed by atoms with Gasteiger partial charge in [-0.15, -0.1) is 0 Å². The normalized spacial score (nSPS) is 21.0. The van der Waals surface area contributed by atoms with Crippen LogP contribution in [0.25, 0.3) is 0 Å². The molecule has 1 heterocycles. The Morgan fingerprint density at radius 3 is 2.27 bits per heavy atom. The standard InChI is InChI=1S/C9H19NO/c1-9(2,8-11)7-10-5-3-4-6-10/h11H,3-8H2,1-2H3. The van der Waals surface area contributed by atoms with Crippen molar-refractivity contribution in [3.8, 4) is 0 Å². The lowest BCUT2D eigenvalue weighted by molar-refractivity contribution is 0.115. The zero-order valence-corrected chi connectivity index (χ0v) is 7.64. The summed E-state index contributed by atoms with van der Waals surface area (Å²) < 4.78 is 0. The molecule has 0 aliphatic carbocycles. The second kappa shape index (κ2) is 3.55. The van der Waals surface area contributed by atoms with E-state index in [1.807, 2.05) is 0 Å². The van der Waals surface area contributed by atoms with Gasteiger partial charge in [0.05, 0.1) is 0 Å². The van der Waals surface area contributed by atoms with Crippen molar-refractivity contribution in [2.45, 2.75) is 26.7 Å². The first-order valence-corrected chi connectivity index (χ1v) is 4.47. The summed E-state index contributed by atoms with van der Waals surface area (Å²) in [5, 5.41) is 9.03. The summed E-state index contributed by atoms with van der Waals surface area (Å²) in [5.41, 5.74) is 0.0876. The van der Waals surface area contributed by atoms with Crippen LogP contribution in [-0.4, -0.2) is 36.2 Å². The molecule has 0 saturated carbocycles. The topological polar surface area (TPSA) is 23.5 Å². The molecule has 0 bridgehead atoms. The maximum absolute atomic E-state index is 9.03. The fraction of sp³-hybridized carbons (Fsp3) is 1.00. The lowest BCUT2D eigenvalue weighted by Gasteiger charge is -2.27. The average molecular weight is 157 g/mol. The molecule has 0 spiro atoms. The average Bonchev–Trinajstić information content (AvgIpc) is 2.39. The molecular formula is C9H19NO. The zero-order chi connectivity index (χ0) is 8.32. The van der Waals surface area contributed by atoms with Gasteiger partial charge in [-0.3, -0.25) is 0 Å². The van der Waals surface area contributed by atoms with Gasteiger partial charge in [-0.05, 0) is 25.9 Å². The van der Waals surface area contributed by atoms with Crippen LogP contribution in [0, 0.1) is 5.41 Å². The molecule has 0 radical (unpaired) electrons. The van der Waals surface area contributed by atoms with E-state index in [0.717, 1.165) is 6.54 Å². The molecule has 11 heavy (non-hydrogen) atoms. The third-order valence-electron chi connectivity index (χ3n) is 2.28. The van der Waals surface area contributed by atoms with Gasteiger partial charge >= 0.3 is 0 Å². The molecule has 1 rings (SSSR count). The first-order valence-electron chi connectivity index (χ1n) is 4.47. The van der Waals surface area contributed by atoms with Gasteiger partial charge in [-0.2, -0.15) is 0 Å². The van der Waals surface area contributed by atoms with Crippen LogP contribution in [-0.2, 0) is 0 Å². The van der Waals surface area contributed by atoms with Gasteiger partial charge in [0, 0.05) is 18.6 Å². The lowest BCUT2D eigenvalue weighted by Crippen LogP contribution is -2.34. The fourth-order valence-electron chi connectivity index (χ4n) is 1.60. The number of hydrogen-bond donors (Lipinski definition) is 1. The Kier molecular flexibility index (Phi) is 2.90. The smallest absolute Gasteiger partial charge is 0.0494 e. The van der Waals surface area contributed by atoms with Crippen LogP contribution in [0.2, 0.25) is 0 Å². The third kappa shape index (κ3) is 2.80. The first-order chi connectivity index (χ1) is 5.14. The molecule has 2 nitrogen and oxygen atoms in total. The fourth-order valence-corrected chi connectivity index (χ4v) is 1.60. The van der Waals surface area contributed by atoms with Crippen molar-refractivity contribution in [1.82, 2.24) is 4.90 Å². The Morgan fingerprint density at radius 2 is 1.82 bits per heavy atom. The van der Waals surface area contributed by atoms with Crippen LogP contribution in [0.1, 0.15) is 26.7 Å². The first kappa shape index (κ1) is 9.01. The van der Waals surface area contributed by atoms with E-state index in [2.05, 4.69) is 18.7 Å². The molecule has 66 valence electrons. The van der Waals surface area contributed by atoms with Crippen molar-refractivity contribution < 1.29 is 5.11 Å². The molecule has 0 atom stereocenters. The minimum Gasteiger partial charge on any atom is -0.396 e. The van der Waals surface area contributed by atoms with Crippen molar-refractivity contribution in [2.24, 2.45) is 5.41 Å². The number of likely N-dealkylation sites (tertiary alicyclic amines) is 1. The summed E-state index contributed by atoms with van der Waals surface area (Å²) in [6.07, 6.45) is 2.67. The van der Waals surface area contributed by atoms with Gasteiger partial charge < -0.3 is 10.0 Å². The molecular weight excluding hydrogens is 138 g/mol. The van der Waals surface area contributed by atoms with Gasteiger partial charge in [0.25, 0.3) is 0 Å². The molecule has 0 amide bonds. The predicted molar refractivity (Wildman–Crippen MR) is 46.5 cm³/mol. The second-order valence-electron chi connectivity index (χ2n) is 4.31. The van der Waals surface area contributed by atoms with Crippen LogP contribution in [0.4, 0.5) is 0 Å². The number of nitrogens with zero attached hydrogens (tertiary/aromatic N) is 1. The largest absolute Gasteiger partial charge is 0.396 e. The van der Waals surface area contributed by atoms with E-state index in [1.165, 1.54) is 25.9 Å². The van der Waals surface area contributed by atoms with Crippen LogP contribution in [0.3, 0.4) is 0 Å². The van der Waals surface area contributed by atoms with Crippen LogP contribution in [0.5, 0.6) is 0 Å². The summed E-state index contributed by atoms with van der Waals surface area (Å²) in [5.74, 6) is 0. The van der Waals surface area contributed by atoms with Crippen LogP contribution >= 0.6 is 0 Å². The van der Waals surface area contributed by atoms with Gasteiger partial charge in [0.1, 0.15) is 0 Å². The summed E-state index contributed by atoms with van der Waals surface area (Å²) >= 11 is 0. The molecule has 1 aliphatic heterocycles. The summed E-state index contributed by atoms with van der Waals surface area (Å²) in [4.78, 5) is 2.44. The number of rotatable bonds is 3. The Balaban J connectivity index is 2.28. The van der Waals surface area contributed by atoms with E-state index in [-0.39, 0.29) is 5.41 Å². The highest BCUT2D eigenvalue weighted by Crippen LogP contribution is 2.18. The molecule has 2 heteroatoms. The molecule has 0 aromatic heterocycles. The highest BCUT2D eigenvalue weighted by molar-refractivity contribution is 4.75. The molecule has 1 fully saturated rings. The van der Waals surface area contributed by atoms with Crippen LogP contribution < -0.4 is 0 Å². The quantitative estimate of drug-likeness (QED) is 0.663. The van der Waals surface area contributed by atoms with E-state index < -0.39 is 0 Å². The van der Waals surface area contributed by atoms with Gasteiger partial charge in [-0.1, -0.05) is 13.8 Å². The van der Waals surface area contributed by atoms with E-state index >= 15 is 0 Å². The van der Waals surface area contributed by atoms with E-state index in [4.69, 9.17) is 5.11 Å². The maximum Gasteiger partial charge on any atom is 0.0494 e. The minimum absolute atomic E-state index is 0.0876. The van der Waals surface area contributed by atoms with Crippen molar-refractivity contribution in [1.29, 1.82) is 0 Å². The minimum atomic E-state index is 0.0876. The van der Waals surface area contributed by atoms with E-state index in [9.17, 15) is 0 Å². The van der Waals surface area contributed by atoms with Gasteiger partial charge in [0.2, 0.25) is 0 Å². The highest BCUT2D eigenvalue weighted by Gasteiger charge is 2.22. The third-order valence-corrected chi connectivity index (χ3v) is 2.28. The van der Waals surface area contributed by atoms with Crippen LogP contribution in [0.15, 0.2) is 0 Å². The number of hydrogen-bond acceptors (Lipinski definition) is 2. The zero-order valence-electron chi connectivity index (χ0n) is 7.64. The Bertz CT molecular complexity index is 117. The van der Waals surface area contributed by atoms with Gasteiger partial charge in [-0.25, -0.2) is 0 Å². The number of aliphatic hydroxyl groups excluding tert-OH is 1. The lowest BCUT2D eigenvalue weighted by atomic mass is 9.94. The molecule has 0 unspecified atom stereocenters. The highest BCUT2D eigenvalue weighted by atomic mass is 16.3. The second-order valence-corrected chi connectivity index (χ2v) is 4.31. The maximum atomic E-state index is 9.03. The summed E-state index contributed by atoms with van der Waals surface area (Å²) in [6.45, 7) is 8.02.